The van der Waals surface area contributed by atoms with Gasteiger partial charge in [-0.1, -0.05) is 24.3 Å². The molecule has 0 unspecified atom stereocenters. The molecule has 0 aliphatic carbocycles. The molecule has 0 aliphatic heterocycles. The number of hydrogen-bond donors (Lipinski definition) is 0. The average molecular weight is 216 g/mol. The molecule has 2 aromatic rings. The normalized spacial score (nSPS) is 10.2. The lowest BCUT2D eigenvalue weighted by atomic mass is 10.1. The van der Waals surface area contributed by atoms with Crippen molar-refractivity contribution in [1.82, 2.24) is 0 Å². The highest BCUT2D eigenvalue weighted by atomic mass is 32.1. The van der Waals surface area contributed by atoms with Crippen molar-refractivity contribution in [3.8, 4) is 0 Å². The van der Waals surface area contributed by atoms with E-state index in [4.69, 9.17) is 0 Å². The molecule has 0 amide bonds. The predicted molar refractivity (Wildman–Crippen MR) is 63.7 cm³/mol. The Balaban J connectivity index is 2.14. The van der Waals surface area contributed by atoms with Crippen LogP contribution in [-0.2, 0) is 6.42 Å². The lowest BCUT2D eigenvalue weighted by Crippen LogP contribution is -1.85. The number of aldehydes is 1. The molecule has 0 N–H and O–H groups in total. The monoisotopic (exact) mass is 216 g/mol. The van der Waals surface area contributed by atoms with Gasteiger partial charge in [0, 0.05) is 21.7 Å². The predicted octanol–water partition coefficient (Wildman–Crippen LogP) is 3.46. The first-order valence-electron chi connectivity index (χ1n) is 4.87. The van der Waals surface area contributed by atoms with Crippen molar-refractivity contribution in [3.05, 3.63) is 57.3 Å². The summed E-state index contributed by atoms with van der Waals surface area (Å²) >= 11 is 1.82. The van der Waals surface area contributed by atoms with Crippen LogP contribution in [-0.4, -0.2) is 6.29 Å². The second kappa shape index (κ2) is 4.41. The van der Waals surface area contributed by atoms with Crippen LogP contribution in [0.2, 0.25) is 0 Å². The summed E-state index contributed by atoms with van der Waals surface area (Å²) in [5.41, 5.74) is 1.99. The van der Waals surface area contributed by atoms with Crippen molar-refractivity contribution >= 4 is 17.6 Å². The maximum Gasteiger partial charge on any atom is 0.150 e. The lowest BCUT2D eigenvalue weighted by Gasteiger charge is -1.98. The van der Waals surface area contributed by atoms with Crippen LogP contribution in [0.15, 0.2) is 36.4 Å². The first-order chi connectivity index (χ1) is 7.28. The van der Waals surface area contributed by atoms with Crippen LogP contribution in [0.5, 0.6) is 0 Å². The summed E-state index contributed by atoms with van der Waals surface area (Å²) in [5.74, 6) is 0. The molecule has 1 aromatic heterocycles. The Bertz CT molecular complexity index is 454. The van der Waals surface area contributed by atoms with E-state index >= 15 is 0 Å². The molecular weight excluding hydrogens is 204 g/mol. The van der Waals surface area contributed by atoms with Crippen LogP contribution in [0.3, 0.4) is 0 Å². The van der Waals surface area contributed by atoms with Gasteiger partial charge in [-0.15, -0.1) is 11.3 Å². The molecule has 2 heteroatoms. The Morgan fingerprint density at radius 1 is 1.13 bits per heavy atom. The van der Waals surface area contributed by atoms with Gasteiger partial charge in [0.05, 0.1) is 0 Å². The third-order valence-corrected chi connectivity index (χ3v) is 3.29. The molecule has 76 valence electrons. The smallest absolute Gasteiger partial charge is 0.150 e. The van der Waals surface area contributed by atoms with Crippen LogP contribution in [0.1, 0.15) is 25.7 Å². The summed E-state index contributed by atoms with van der Waals surface area (Å²) in [6.07, 6.45) is 1.83. The maximum absolute atomic E-state index is 10.5. The van der Waals surface area contributed by atoms with Crippen molar-refractivity contribution in [2.45, 2.75) is 13.3 Å². The number of carbonyl (C=O) groups is 1. The molecule has 2 rings (SSSR count). The van der Waals surface area contributed by atoms with Gasteiger partial charge in [-0.3, -0.25) is 4.79 Å². The molecule has 0 saturated carbocycles. The van der Waals surface area contributed by atoms with Crippen molar-refractivity contribution in [2.24, 2.45) is 0 Å². The van der Waals surface area contributed by atoms with Gasteiger partial charge < -0.3 is 0 Å². The molecular formula is C13H12OS. The Morgan fingerprint density at radius 2 is 1.87 bits per heavy atom. The fourth-order valence-corrected chi connectivity index (χ4v) is 2.42. The first-order valence-corrected chi connectivity index (χ1v) is 5.69. The van der Waals surface area contributed by atoms with Gasteiger partial charge in [0.1, 0.15) is 6.29 Å². The van der Waals surface area contributed by atoms with E-state index in [1.54, 1.807) is 0 Å². The zero-order valence-corrected chi connectivity index (χ0v) is 9.38. The second-order valence-electron chi connectivity index (χ2n) is 3.55. The number of carbonyl (C=O) groups excluding carboxylic acids is 1. The van der Waals surface area contributed by atoms with Crippen LogP contribution in [0.4, 0.5) is 0 Å². The highest BCUT2D eigenvalue weighted by Crippen LogP contribution is 2.18. The number of aryl methyl sites for hydroxylation is 1. The highest BCUT2D eigenvalue weighted by molar-refractivity contribution is 7.11. The van der Waals surface area contributed by atoms with Crippen molar-refractivity contribution < 1.29 is 4.79 Å². The minimum atomic E-state index is 0.737. The first kappa shape index (κ1) is 10.1. The molecule has 1 nitrogen and oxygen atoms in total. The standard InChI is InChI=1S/C13H12OS/c1-10-2-7-13(15-10)8-11-3-5-12(9-14)6-4-11/h2-7,9H,8H2,1H3. The van der Waals surface area contributed by atoms with Crippen LogP contribution >= 0.6 is 11.3 Å². The van der Waals surface area contributed by atoms with E-state index in [1.807, 2.05) is 35.6 Å². The summed E-state index contributed by atoms with van der Waals surface area (Å²) in [6.45, 7) is 2.11. The minimum absolute atomic E-state index is 0.737. The fraction of sp³-hybridized carbons (Fsp3) is 0.154. The Kier molecular flexibility index (Phi) is 2.97. The topological polar surface area (TPSA) is 17.1 Å². The second-order valence-corrected chi connectivity index (χ2v) is 4.92. The van der Waals surface area contributed by atoms with Crippen molar-refractivity contribution in [2.75, 3.05) is 0 Å². The van der Waals surface area contributed by atoms with E-state index in [9.17, 15) is 4.79 Å². The van der Waals surface area contributed by atoms with Crippen molar-refractivity contribution in [1.29, 1.82) is 0 Å². The molecule has 0 fully saturated rings. The van der Waals surface area contributed by atoms with Crippen molar-refractivity contribution in [3.63, 3.8) is 0 Å². The van der Waals surface area contributed by atoms with Gasteiger partial charge in [0.15, 0.2) is 0 Å². The zero-order valence-electron chi connectivity index (χ0n) is 8.57. The Labute approximate surface area is 93.4 Å². The summed E-state index contributed by atoms with van der Waals surface area (Å²) in [4.78, 5) is 13.2. The molecule has 0 aliphatic rings. The van der Waals surface area contributed by atoms with Gasteiger partial charge in [-0.05, 0) is 24.6 Å². The number of hydrogen-bond acceptors (Lipinski definition) is 2. The quantitative estimate of drug-likeness (QED) is 0.718. The van der Waals surface area contributed by atoms with E-state index in [-0.39, 0.29) is 0 Å². The molecule has 1 heterocycles. The van der Waals surface area contributed by atoms with E-state index in [2.05, 4.69) is 19.1 Å². The third-order valence-electron chi connectivity index (χ3n) is 2.29. The minimum Gasteiger partial charge on any atom is -0.298 e. The zero-order chi connectivity index (χ0) is 10.7. The number of thiophene rings is 1. The van der Waals surface area contributed by atoms with Crippen LogP contribution in [0.25, 0.3) is 0 Å². The summed E-state index contributed by atoms with van der Waals surface area (Å²) in [7, 11) is 0. The van der Waals surface area contributed by atoms with E-state index < -0.39 is 0 Å². The summed E-state index contributed by atoms with van der Waals surface area (Å²) < 4.78 is 0. The molecule has 15 heavy (non-hydrogen) atoms. The van der Waals surface area contributed by atoms with Crippen LogP contribution < -0.4 is 0 Å². The number of benzene rings is 1. The van der Waals surface area contributed by atoms with Gasteiger partial charge in [0.2, 0.25) is 0 Å². The van der Waals surface area contributed by atoms with E-state index in [0.717, 1.165) is 18.3 Å². The summed E-state index contributed by atoms with van der Waals surface area (Å²) in [5, 5.41) is 0. The Hall–Kier alpha value is -1.41. The molecule has 0 atom stereocenters. The van der Waals surface area contributed by atoms with Crippen LogP contribution in [0, 0.1) is 6.92 Å². The molecule has 0 spiro atoms. The van der Waals surface area contributed by atoms with Gasteiger partial charge in [-0.25, -0.2) is 0 Å². The fourth-order valence-electron chi connectivity index (χ4n) is 1.50. The third kappa shape index (κ3) is 2.54. The van der Waals surface area contributed by atoms with Gasteiger partial charge in [0.25, 0.3) is 0 Å². The SMILES string of the molecule is Cc1ccc(Cc2ccc(C=O)cc2)s1. The average Bonchev–Trinajstić information content (AvgIpc) is 2.65. The maximum atomic E-state index is 10.5. The highest BCUT2D eigenvalue weighted by Gasteiger charge is 1.99. The molecule has 0 bridgehead atoms. The lowest BCUT2D eigenvalue weighted by molar-refractivity contribution is 0.112. The number of rotatable bonds is 3. The molecule has 1 aromatic carbocycles. The summed E-state index contributed by atoms with van der Waals surface area (Å²) in [6, 6.07) is 12.1. The van der Waals surface area contributed by atoms with Gasteiger partial charge >= 0.3 is 0 Å². The molecule has 0 saturated heterocycles. The van der Waals surface area contributed by atoms with E-state index in [0.29, 0.717) is 0 Å². The molecule has 0 radical (unpaired) electrons. The van der Waals surface area contributed by atoms with E-state index in [1.165, 1.54) is 15.3 Å². The van der Waals surface area contributed by atoms with Gasteiger partial charge in [-0.2, -0.15) is 0 Å². The Morgan fingerprint density at radius 3 is 2.40 bits per heavy atom. The largest absolute Gasteiger partial charge is 0.298 e.